The van der Waals surface area contributed by atoms with Crippen LogP contribution >= 0.6 is 0 Å². The number of nitrogens with zero attached hydrogens (tertiary/aromatic N) is 1. The molecule has 1 aromatic carbocycles. The zero-order valence-corrected chi connectivity index (χ0v) is 13.9. The molecule has 0 radical (unpaired) electrons. The molecular weight excluding hydrogens is 294 g/mol. The van der Waals surface area contributed by atoms with E-state index < -0.39 is 0 Å². The third-order valence-corrected chi connectivity index (χ3v) is 4.86. The normalized spacial score (nSPS) is 29.6. The quantitative estimate of drug-likeness (QED) is 0.796. The van der Waals surface area contributed by atoms with Crippen LogP contribution in [0.2, 0.25) is 0 Å². The Morgan fingerprint density at radius 1 is 1.39 bits per heavy atom. The van der Waals surface area contributed by atoms with E-state index in [-0.39, 0.29) is 23.7 Å². The van der Waals surface area contributed by atoms with Crippen LogP contribution in [0.25, 0.3) is 0 Å². The van der Waals surface area contributed by atoms with Crippen molar-refractivity contribution in [1.82, 2.24) is 4.90 Å². The van der Waals surface area contributed by atoms with E-state index >= 15 is 0 Å². The van der Waals surface area contributed by atoms with Crippen molar-refractivity contribution in [2.24, 2.45) is 0 Å². The molecule has 3 rings (SSSR count). The van der Waals surface area contributed by atoms with Crippen LogP contribution in [0.15, 0.2) is 30.3 Å². The fraction of sp³-hybridized carbons (Fsp3) is 0.611. The maximum absolute atomic E-state index is 12.6. The predicted molar refractivity (Wildman–Crippen MR) is 86.1 cm³/mol. The number of benzene rings is 1. The van der Waals surface area contributed by atoms with Gasteiger partial charge in [0.2, 0.25) is 0 Å². The highest BCUT2D eigenvalue weighted by molar-refractivity contribution is 5.77. The molecule has 0 aromatic heterocycles. The molecule has 0 aliphatic carbocycles. The third kappa shape index (κ3) is 3.27. The molecule has 2 heterocycles. The standard InChI is InChI=1S/C18H25NO4/c1-3-21-17(20)16(15-7-5-4-6-8-15)19-10-12-23-18(13-19)9-11-22-14(18)2/h4-8,14,16H,3,9-13H2,1-2H3/t14-,16+,18-/m1/s1. The summed E-state index contributed by atoms with van der Waals surface area (Å²) in [6, 6.07) is 9.46. The van der Waals surface area contributed by atoms with Gasteiger partial charge in [-0.25, -0.2) is 4.79 Å². The van der Waals surface area contributed by atoms with Crippen LogP contribution < -0.4 is 0 Å². The van der Waals surface area contributed by atoms with Gasteiger partial charge in [0, 0.05) is 26.1 Å². The molecular formula is C18H25NO4. The zero-order chi connectivity index (χ0) is 16.3. The zero-order valence-electron chi connectivity index (χ0n) is 13.9. The molecule has 5 nitrogen and oxygen atoms in total. The summed E-state index contributed by atoms with van der Waals surface area (Å²) in [5.74, 6) is -0.192. The molecule has 3 atom stereocenters. The summed E-state index contributed by atoms with van der Waals surface area (Å²) in [4.78, 5) is 14.8. The van der Waals surface area contributed by atoms with Crippen LogP contribution in [0.3, 0.4) is 0 Å². The van der Waals surface area contributed by atoms with Gasteiger partial charge in [0.1, 0.15) is 11.6 Å². The van der Waals surface area contributed by atoms with Crippen molar-refractivity contribution < 1.29 is 19.0 Å². The minimum atomic E-state index is -0.385. The van der Waals surface area contributed by atoms with E-state index in [1.165, 1.54) is 0 Å². The van der Waals surface area contributed by atoms with E-state index in [2.05, 4.69) is 11.8 Å². The number of carbonyl (C=O) groups excluding carboxylic acids is 1. The molecule has 0 bridgehead atoms. The van der Waals surface area contributed by atoms with E-state index in [0.29, 0.717) is 32.9 Å². The lowest BCUT2D eigenvalue weighted by atomic mass is 9.92. The number of rotatable bonds is 4. The molecule has 126 valence electrons. The Hall–Kier alpha value is -1.43. The first-order valence-corrected chi connectivity index (χ1v) is 8.37. The number of hydrogen-bond acceptors (Lipinski definition) is 5. The summed E-state index contributed by atoms with van der Waals surface area (Å²) >= 11 is 0. The van der Waals surface area contributed by atoms with Crippen molar-refractivity contribution in [2.45, 2.75) is 38.0 Å². The van der Waals surface area contributed by atoms with Gasteiger partial charge in [0.05, 0.1) is 19.3 Å². The van der Waals surface area contributed by atoms with Crippen LogP contribution in [0.1, 0.15) is 31.9 Å². The second-order valence-corrected chi connectivity index (χ2v) is 6.21. The van der Waals surface area contributed by atoms with Gasteiger partial charge in [-0.05, 0) is 19.4 Å². The minimum Gasteiger partial charge on any atom is -0.465 e. The van der Waals surface area contributed by atoms with E-state index in [9.17, 15) is 4.79 Å². The topological polar surface area (TPSA) is 48.0 Å². The van der Waals surface area contributed by atoms with Crippen LogP contribution in [-0.2, 0) is 19.0 Å². The Balaban J connectivity index is 1.86. The summed E-state index contributed by atoms with van der Waals surface area (Å²) in [6.45, 7) is 7.00. The first-order valence-electron chi connectivity index (χ1n) is 8.37. The number of ether oxygens (including phenoxy) is 3. The first kappa shape index (κ1) is 16.4. The van der Waals surface area contributed by atoms with Crippen molar-refractivity contribution in [1.29, 1.82) is 0 Å². The van der Waals surface area contributed by atoms with Crippen LogP contribution in [0.5, 0.6) is 0 Å². The van der Waals surface area contributed by atoms with Crippen LogP contribution in [0, 0.1) is 0 Å². The molecule has 0 amide bonds. The lowest BCUT2D eigenvalue weighted by Crippen LogP contribution is -2.57. The smallest absolute Gasteiger partial charge is 0.328 e. The Bertz CT molecular complexity index is 535. The van der Waals surface area contributed by atoms with Crippen molar-refractivity contribution in [3.8, 4) is 0 Å². The molecule has 0 unspecified atom stereocenters. The fourth-order valence-electron chi connectivity index (χ4n) is 3.57. The lowest BCUT2D eigenvalue weighted by molar-refractivity contribution is -0.165. The average Bonchev–Trinajstić information content (AvgIpc) is 2.89. The molecule has 5 heteroatoms. The first-order chi connectivity index (χ1) is 11.2. The van der Waals surface area contributed by atoms with Gasteiger partial charge in [-0.1, -0.05) is 30.3 Å². The second-order valence-electron chi connectivity index (χ2n) is 6.21. The Kier molecular flexibility index (Phi) is 4.99. The monoisotopic (exact) mass is 319 g/mol. The van der Waals surface area contributed by atoms with Crippen molar-refractivity contribution in [3.63, 3.8) is 0 Å². The van der Waals surface area contributed by atoms with E-state index in [1.54, 1.807) is 0 Å². The molecule has 0 saturated carbocycles. The van der Waals surface area contributed by atoms with Crippen LogP contribution in [0.4, 0.5) is 0 Å². The van der Waals surface area contributed by atoms with Crippen molar-refractivity contribution in [3.05, 3.63) is 35.9 Å². The number of hydrogen-bond donors (Lipinski definition) is 0. The van der Waals surface area contributed by atoms with E-state index in [1.807, 2.05) is 37.3 Å². The molecule has 2 saturated heterocycles. The maximum atomic E-state index is 12.6. The average molecular weight is 319 g/mol. The predicted octanol–water partition coefficient (Wildman–Crippen LogP) is 2.17. The van der Waals surface area contributed by atoms with E-state index in [4.69, 9.17) is 14.2 Å². The van der Waals surface area contributed by atoms with Crippen LogP contribution in [-0.4, -0.2) is 55.5 Å². The van der Waals surface area contributed by atoms with Gasteiger partial charge in [-0.15, -0.1) is 0 Å². The van der Waals surface area contributed by atoms with Gasteiger partial charge in [-0.3, -0.25) is 4.90 Å². The summed E-state index contributed by atoms with van der Waals surface area (Å²) in [7, 11) is 0. The number of esters is 1. The highest BCUT2D eigenvalue weighted by Crippen LogP contribution is 2.36. The summed E-state index contributed by atoms with van der Waals surface area (Å²) in [5.41, 5.74) is 0.659. The van der Waals surface area contributed by atoms with Crippen molar-refractivity contribution in [2.75, 3.05) is 32.9 Å². The van der Waals surface area contributed by atoms with Gasteiger partial charge in [-0.2, -0.15) is 0 Å². The molecule has 0 N–H and O–H groups in total. The van der Waals surface area contributed by atoms with Gasteiger partial charge in [0.15, 0.2) is 0 Å². The molecule has 2 aliphatic rings. The number of morpholine rings is 1. The Morgan fingerprint density at radius 2 is 2.17 bits per heavy atom. The molecule has 2 fully saturated rings. The Morgan fingerprint density at radius 3 is 2.83 bits per heavy atom. The highest BCUT2D eigenvalue weighted by Gasteiger charge is 2.48. The molecule has 1 aromatic rings. The molecule has 2 aliphatic heterocycles. The molecule has 1 spiro atoms. The molecule has 23 heavy (non-hydrogen) atoms. The Labute approximate surface area is 137 Å². The fourth-order valence-corrected chi connectivity index (χ4v) is 3.57. The highest BCUT2D eigenvalue weighted by atomic mass is 16.6. The summed E-state index contributed by atoms with van der Waals surface area (Å²) in [5, 5.41) is 0. The third-order valence-electron chi connectivity index (χ3n) is 4.86. The minimum absolute atomic E-state index is 0.0453. The lowest BCUT2D eigenvalue weighted by Gasteiger charge is -2.44. The second kappa shape index (κ2) is 6.99. The maximum Gasteiger partial charge on any atom is 0.328 e. The van der Waals surface area contributed by atoms with Gasteiger partial charge >= 0.3 is 5.97 Å². The van der Waals surface area contributed by atoms with E-state index in [0.717, 1.165) is 12.0 Å². The summed E-state index contributed by atoms with van der Waals surface area (Å²) in [6.07, 6.45) is 0.915. The number of carbonyl (C=O) groups is 1. The largest absolute Gasteiger partial charge is 0.465 e. The van der Waals surface area contributed by atoms with Gasteiger partial charge < -0.3 is 14.2 Å². The van der Waals surface area contributed by atoms with Gasteiger partial charge in [0.25, 0.3) is 0 Å². The summed E-state index contributed by atoms with van der Waals surface area (Å²) < 4.78 is 17.1. The SMILES string of the molecule is CCOC(=O)[C@H](c1ccccc1)N1CCO[C@]2(CCO[C@@H]2C)C1. The van der Waals surface area contributed by atoms with Crippen molar-refractivity contribution >= 4 is 5.97 Å².